The predicted molar refractivity (Wildman–Crippen MR) is 51.3 cm³/mol. The Hall–Kier alpha value is -1.39. The molecule has 0 aromatic carbocycles. The minimum absolute atomic E-state index is 0.170. The number of hydrogen-bond donors (Lipinski definition) is 1. The van der Waals surface area contributed by atoms with Gasteiger partial charge in [0.2, 0.25) is 0 Å². The lowest BCUT2D eigenvalue weighted by Gasteiger charge is -2.03. The maximum absolute atomic E-state index is 11.6. The van der Waals surface area contributed by atoms with Gasteiger partial charge in [-0.05, 0) is 25.5 Å². The Labute approximate surface area is 86.4 Å². The topological polar surface area (TPSA) is 29.5 Å². The maximum atomic E-state index is 11.6. The summed E-state index contributed by atoms with van der Waals surface area (Å²) in [6.45, 7) is 0.246. The molecular weight excluding hydrogens is 209 g/mol. The van der Waals surface area contributed by atoms with Crippen molar-refractivity contribution >= 4 is 0 Å². The van der Waals surface area contributed by atoms with Crippen molar-refractivity contribution in [1.29, 1.82) is 0 Å². The summed E-state index contributed by atoms with van der Waals surface area (Å²) < 4.78 is 38.9. The van der Waals surface area contributed by atoms with E-state index in [1.807, 2.05) is 0 Å². The van der Waals surface area contributed by atoms with Gasteiger partial charge in [-0.2, -0.15) is 13.2 Å². The van der Waals surface area contributed by atoms with Gasteiger partial charge in [0.1, 0.15) is 0 Å². The average Bonchev–Trinajstić information content (AvgIpc) is 2.07. The van der Waals surface area contributed by atoms with Crippen LogP contribution in [0, 0.1) is 0 Å². The minimum Gasteiger partial charge on any atom is -0.513 e. The van der Waals surface area contributed by atoms with Crippen LogP contribution >= 0.6 is 0 Å². The lowest BCUT2D eigenvalue weighted by atomic mass is 10.3. The van der Waals surface area contributed by atoms with Crippen molar-refractivity contribution in [3.8, 4) is 0 Å². The molecule has 0 bridgehead atoms. The van der Waals surface area contributed by atoms with E-state index >= 15 is 0 Å². The molecule has 86 valence electrons. The molecule has 0 unspecified atom stereocenters. The van der Waals surface area contributed by atoms with E-state index in [-0.39, 0.29) is 5.76 Å². The van der Waals surface area contributed by atoms with E-state index in [2.05, 4.69) is 4.74 Å². The quantitative estimate of drug-likeness (QED) is 0.570. The second-order valence-corrected chi connectivity index (χ2v) is 2.77. The Morgan fingerprint density at radius 2 is 2.00 bits per heavy atom. The predicted octanol–water partition coefficient (Wildman–Crippen LogP) is 3.49. The van der Waals surface area contributed by atoms with Crippen LogP contribution < -0.4 is 0 Å². The van der Waals surface area contributed by atoms with Gasteiger partial charge in [0.15, 0.2) is 6.61 Å². The molecular formula is C10H13F3O2. The van der Waals surface area contributed by atoms with Crippen LogP contribution in [-0.2, 0) is 4.74 Å². The average molecular weight is 222 g/mol. The molecule has 0 spiro atoms. The fourth-order valence-corrected chi connectivity index (χ4v) is 0.631. The molecule has 2 nitrogen and oxygen atoms in total. The highest BCUT2D eigenvalue weighted by Crippen LogP contribution is 2.14. The Balaban J connectivity index is 3.56. The lowest BCUT2D eigenvalue weighted by Crippen LogP contribution is -2.14. The molecule has 0 saturated heterocycles. The Morgan fingerprint density at radius 1 is 1.33 bits per heavy atom. The monoisotopic (exact) mass is 222 g/mol. The van der Waals surface area contributed by atoms with Gasteiger partial charge in [0.05, 0.1) is 12.0 Å². The summed E-state index contributed by atoms with van der Waals surface area (Å²) in [6.07, 6.45) is 3.36. The van der Waals surface area contributed by atoms with Crippen LogP contribution in [-0.4, -0.2) is 17.9 Å². The van der Waals surface area contributed by atoms with Gasteiger partial charge < -0.3 is 9.84 Å². The number of ether oxygens (including phenoxy) is 1. The van der Waals surface area contributed by atoms with Gasteiger partial charge in [-0.1, -0.05) is 12.2 Å². The van der Waals surface area contributed by atoms with Crippen molar-refractivity contribution in [3.63, 3.8) is 0 Å². The van der Waals surface area contributed by atoms with Crippen LogP contribution in [0.3, 0.4) is 0 Å². The second-order valence-electron chi connectivity index (χ2n) is 2.77. The standard InChI is InChI=1S/C10H13F3O2/c1-9(14)6-4-2-3-5-7-15-8-10(11,12)13/h2,4-7,14H,3,8H2,1H3/b4-2?,7-5+,9-6+. The summed E-state index contributed by atoms with van der Waals surface area (Å²) in [5.41, 5.74) is 0. The molecule has 0 radical (unpaired) electrons. The summed E-state index contributed by atoms with van der Waals surface area (Å²) in [5, 5.41) is 8.72. The summed E-state index contributed by atoms with van der Waals surface area (Å²) in [7, 11) is 0. The first kappa shape index (κ1) is 13.6. The van der Waals surface area contributed by atoms with Crippen molar-refractivity contribution in [3.05, 3.63) is 36.3 Å². The summed E-state index contributed by atoms with van der Waals surface area (Å²) in [4.78, 5) is 0. The first-order chi connectivity index (χ1) is 6.92. The van der Waals surface area contributed by atoms with Crippen molar-refractivity contribution in [2.45, 2.75) is 19.5 Å². The lowest BCUT2D eigenvalue weighted by molar-refractivity contribution is -0.161. The highest BCUT2D eigenvalue weighted by molar-refractivity contribution is 5.06. The summed E-state index contributed by atoms with van der Waals surface area (Å²) in [6, 6.07) is 0. The molecule has 5 heteroatoms. The number of aliphatic hydroxyl groups excluding tert-OH is 1. The SMILES string of the molecule is C/C(O)=C\C=CC/C=C/OCC(F)(F)F. The molecule has 0 saturated carbocycles. The molecule has 0 aliphatic heterocycles. The number of halogens is 3. The van der Waals surface area contributed by atoms with E-state index < -0.39 is 12.8 Å². The van der Waals surface area contributed by atoms with Gasteiger partial charge in [0, 0.05) is 0 Å². The number of aliphatic hydroxyl groups is 1. The normalized spacial score (nSPS) is 14.0. The van der Waals surface area contributed by atoms with Gasteiger partial charge in [-0.15, -0.1) is 0 Å². The molecule has 0 aromatic heterocycles. The van der Waals surface area contributed by atoms with Crippen LogP contribution in [0.15, 0.2) is 36.3 Å². The smallest absolute Gasteiger partial charge is 0.422 e. The van der Waals surface area contributed by atoms with Crippen molar-refractivity contribution in [2.24, 2.45) is 0 Å². The molecule has 0 rings (SSSR count). The van der Waals surface area contributed by atoms with E-state index in [9.17, 15) is 13.2 Å². The summed E-state index contributed by atoms with van der Waals surface area (Å²) in [5.74, 6) is 0.170. The highest BCUT2D eigenvalue weighted by atomic mass is 19.4. The fraction of sp³-hybridized carbons (Fsp3) is 0.400. The summed E-state index contributed by atoms with van der Waals surface area (Å²) >= 11 is 0. The number of alkyl halides is 3. The molecule has 0 amide bonds. The Morgan fingerprint density at radius 3 is 2.53 bits per heavy atom. The zero-order valence-electron chi connectivity index (χ0n) is 8.29. The van der Waals surface area contributed by atoms with E-state index in [0.29, 0.717) is 6.42 Å². The fourth-order valence-electron chi connectivity index (χ4n) is 0.631. The Bertz CT molecular complexity index is 248. The second kappa shape index (κ2) is 6.98. The molecule has 0 atom stereocenters. The van der Waals surface area contributed by atoms with Gasteiger partial charge in [0.25, 0.3) is 0 Å². The number of allylic oxidation sites excluding steroid dienone is 5. The van der Waals surface area contributed by atoms with Crippen LogP contribution in [0.2, 0.25) is 0 Å². The third-order valence-corrected chi connectivity index (χ3v) is 1.19. The largest absolute Gasteiger partial charge is 0.513 e. The van der Waals surface area contributed by atoms with E-state index in [1.165, 1.54) is 19.1 Å². The van der Waals surface area contributed by atoms with E-state index in [1.54, 1.807) is 12.2 Å². The minimum atomic E-state index is -4.29. The van der Waals surface area contributed by atoms with Gasteiger partial charge >= 0.3 is 6.18 Å². The first-order valence-corrected chi connectivity index (χ1v) is 4.27. The third kappa shape index (κ3) is 12.6. The zero-order chi connectivity index (χ0) is 11.7. The van der Waals surface area contributed by atoms with Crippen LogP contribution in [0.1, 0.15) is 13.3 Å². The van der Waals surface area contributed by atoms with Crippen LogP contribution in [0.25, 0.3) is 0 Å². The van der Waals surface area contributed by atoms with Crippen molar-refractivity contribution in [1.82, 2.24) is 0 Å². The molecule has 0 fully saturated rings. The highest BCUT2D eigenvalue weighted by Gasteiger charge is 2.27. The number of hydrogen-bond acceptors (Lipinski definition) is 2. The van der Waals surface area contributed by atoms with Crippen LogP contribution in [0.5, 0.6) is 0 Å². The van der Waals surface area contributed by atoms with Gasteiger partial charge in [-0.25, -0.2) is 0 Å². The molecule has 0 aliphatic rings. The zero-order valence-corrected chi connectivity index (χ0v) is 8.29. The van der Waals surface area contributed by atoms with Crippen LogP contribution in [0.4, 0.5) is 13.2 Å². The molecule has 15 heavy (non-hydrogen) atoms. The van der Waals surface area contributed by atoms with Crippen molar-refractivity contribution in [2.75, 3.05) is 6.61 Å². The van der Waals surface area contributed by atoms with Crippen molar-refractivity contribution < 1.29 is 23.0 Å². The first-order valence-electron chi connectivity index (χ1n) is 4.27. The van der Waals surface area contributed by atoms with Gasteiger partial charge in [-0.3, -0.25) is 0 Å². The van der Waals surface area contributed by atoms with E-state index in [0.717, 1.165) is 6.26 Å². The maximum Gasteiger partial charge on any atom is 0.422 e. The molecule has 0 aliphatic carbocycles. The molecule has 0 heterocycles. The van der Waals surface area contributed by atoms with E-state index in [4.69, 9.17) is 5.11 Å². The number of rotatable bonds is 5. The molecule has 1 N–H and O–H groups in total. The Kier molecular flexibility index (Phi) is 6.33. The third-order valence-electron chi connectivity index (χ3n) is 1.19. The molecule has 0 aromatic rings.